The first-order valence-electron chi connectivity index (χ1n) is 27.6. The molecule has 1 heterocycles. The number of imidazole rings is 1. The van der Waals surface area contributed by atoms with Crippen LogP contribution in [-0.4, -0.2) is 163 Å². The zero-order valence-electron chi connectivity index (χ0n) is 47.1. The molecule has 1 saturated carbocycles. The number of H-pyrrole nitrogens is 1. The number of rotatable bonds is 37. The number of aliphatic hydroxyl groups is 2. The number of ketones is 2. The zero-order valence-corrected chi connectivity index (χ0v) is 48.0. The van der Waals surface area contributed by atoms with Gasteiger partial charge in [-0.3, -0.25) is 23.7 Å². The molecule has 5 rings (SSSR count). The van der Waals surface area contributed by atoms with Crippen molar-refractivity contribution in [2.24, 2.45) is 41.1 Å². The number of methoxy groups -OCH3 is 1. The molecule has 80 heavy (non-hydrogen) atoms. The minimum Gasteiger partial charge on any atom is -0.491 e. The number of carbonyl (C=O) groups is 4. The third-order valence-corrected chi connectivity index (χ3v) is 15.1. The van der Waals surface area contributed by atoms with Gasteiger partial charge in [-0.2, -0.15) is 0 Å². The summed E-state index contributed by atoms with van der Waals surface area (Å²) in [5, 5.41) is 31.1. The van der Waals surface area contributed by atoms with Gasteiger partial charge in [-0.1, -0.05) is 77.6 Å². The van der Waals surface area contributed by atoms with Gasteiger partial charge in [-0.25, -0.2) is 9.55 Å². The van der Waals surface area contributed by atoms with E-state index in [1.807, 2.05) is 32.0 Å². The molecule has 0 bridgehead atoms. The second-order valence-corrected chi connectivity index (χ2v) is 21.8. The zero-order chi connectivity index (χ0) is 58.5. The van der Waals surface area contributed by atoms with E-state index in [2.05, 4.69) is 15.6 Å². The number of fused-ring (bicyclic) bond motifs is 2. The van der Waals surface area contributed by atoms with E-state index in [1.165, 1.54) is 13.0 Å². The normalized spacial score (nSPS) is 16.8. The van der Waals surface area contributed by atoms with E-state index in [9.17, 15) is 38.9 Å². The number of nitrogens with two attached hydrogens (primary N) is 2. The maximum absolute atomic E-state index is 15.3. The monoisotopic (exact) mass is 1140 g/mol. The second kappa shape index (κ2) is 32.6. The molecule has 446 valence electrons. The van der Waals surface area contributed by atoms with E-state index in [0.717, 1.165) is 13.3 Å². The summed E-state index contributed by atoms with van der Waals surface area (Å²) in [6.45, 7) is 13.5. The van der Waals surface area contributed by atoms with Crippen LogP contribution in [0.5, 0.6) is 17.2 Å². The molecule has 0 saturated heterocycles. The Hall–Kier alpha value is -4.98. The minimum absolute atomic E-state index is 0.00492. The lowest BCUT2D eigenvalue weighted by molar-refractivity contribution is -0.136. The predicted octanol–water partition coefficient (Wildman–Crippen LogP) is 4.86. The smallest absolute Gasteiger partial charge is 0.469 e. The first-order chi connectivity index (χ1) is 38.2. The maximum Gasteiger partial charge on any atom is 0.469 e. The average Bonchev–Trinajstić information content (AvgIpc) is 3.89. The Morgan fingerprint density at radius 2 is 1.36 bits per heavy atom. The SMILES string of the molecule is CC[C@@H](C)[C@@H](N)C(=O)NCc1nc2c(Oc3cccc4c(OCCOCCOCCOCCOCCOC)cccc34)c(C(=O)C(C(C)C)C(O)C(O)C(N)C(C(=O)[C@@H](NC(C)=O)[C@@H](C)OP(=O)(O)O)C3CCCCC3)ccc2[nH]1. The van der Waals surface area contributed by atoms with Gasteiger partial charge < -0.3 is 80.2 Å². The van der Waals surface area contributed by atoms with Crippen LogP contribution in [0.15, 0.2) is 48.5 Å². The number of nitrogens with zero attached hydrogens (tertiary/aromatic N) is 1. The van der Waals surface area contributed by atoms with E-state index in [0.29, 0.717) is 119 Å². The highest BCUT2D eigenvalue weighted by Gasteiger charge is 2.47. The topological polar surface area (TPSA) is 345 Å². The fourth-order valence-corrected chi connectivity index (χ4v) is 10.6. The highest BCUT2D eigenvalue weighted by atomic mass is 31.2. The summed E-state index contributed by atoms with van der Waals surface area (Å²) in [4.78, 5) is 82.8. The largest absolute Gasteiger partial charge is 0.491 e. The van der Waals surface area contributed by atoms with E-state index in [4.69, 9.17) is 54.1 Å². The molecule has 24 heteroatoms. The summed E-state index contributed by atoms with van der Waals surface area (Å²) in [5.41, 5.74) is 13.7. The molecule has 9 atom stereocenters. The molecule has 23 nitrogen and oxygen atoms in total. The molecule has 1 aliphatic rings. The number of aromatic nitrogens is 2. The third-order valence-electron chi connectivity index (χ3n) is 14.5. The molecule has 0 radical (unpaired) electrons. The molecular formula is C56H85N6O17P. The van der Waals surface area contributed by atoms with E-state index in [1.54, 1.807) is 45.2 Å². The number of hydrogen-bond donors (Lipinski definition) is 9. The predicted molar refractivity (Wildman–Crippen MR) is 298 cm³/mol. The van der Waals surface area contributed by atoms with Crippen molar-refractivity contribution in [3.8, 4) is 17.2 Å². The number of phosphoric acid groups is 1. The van der Waals surface area contributed by atoms with Crippen molar-refractivity contribution in [2.45, 2.75) is 123 Å². The number of amides is 2. The molecule has 2 amide bonds. The van der Waals surface area contributed by atoms with Crippen molar-refractivity contribution in [3.63, 3.8) is 0 Å². The van der Waals surface area contributed by atoms with Crippen LogP contribution >= 0.6 is 7.82 Å². The molecule has 11 N–H and O–H groups in total. The van der Waals surface area contributed by atoms with Crippen LogP contribution in [0.3, 0.4) is 0 Å². The Kier molecular flexibility index (Phi) is 26.8. The van der Waals surface area contributed by atoms with Gasteiger partial charge >= 0.3 is 7.82 Å². The molecule has 3 aromatic carbocycles. The van der Waals surface area contributed by atoms with Gasteiger partial charge in [0.1, 0.15) is 35.5 Å². The molecule has 1 aliphatic carbocycles. The quantitative estimate of drug-likeness (QED) is 0.0165. The summed E-state index contributed by atoms with van der Waals surface area (Å²) in [7, 11) is -3.53. The molecule has 1 fully saturated rings. The highest BCUT2D eigenvalue weighted by molar-refractivity contribution is 7.46. The van der Waals surface area contributed by atoms with Gasteiger partial charge in [0.05, 0.1) is 107 Å². The van der Waals surface area contributed by atoms with Gasteiger partial charge in [-0.15, -0.1) is 0 Å². The number of benzene rings is 3. The van der Waals surface area contributed by atoms with Gasteiger partial charge in [0.15, 0.2) is 17.3 Å². The molecule has 1 aromatic heterocycles. The first-order valence-corrected chi connectivity index (χ1v) is 29.1. The van der Waals surface area contributed by atoms with Crippen LogP contribution in [0, 0.1) is 29.6 Å². The van der Waals surface area contributed by atoms with Crippen molar-refractivity contribution >= 4 is 53.0 Å². The standard InChI is InChI=1S/C56H85N6O17P/c1-8-34(4)47(57)56(68)59-32-44-61-41-21-20-40(51(64)45(33(2)3)53(66)54(67)48(58)46(37-14-10-9-11-15-37)52(65)49(60-36(6)63)35(5)79-80(69,70)71)55(50(41)62-44)78-43-19-13-16-38-39(43)17-12-18-42(38)77-31-30-76-29-28-75-27-26-74-25-24-73-23-22-72-7/h12-13,16-21,33-35,37,45-49,53-54,66-67H,8-11,14-15,22-32,57-58H2,1-7H3,(H,59,68)(H,60,63)(H,61,62)(H2,69,70,71)/t34-,35-,45?,46?,47-,48?,49+,53?,54?/m1/s1. The van der Waals surface area contributed by atoms with Crippen molar-refractivity contribution < 1.29 is 81.4 Å². The van der Waals surface area contributed by atoms with Gasteiger partial charge in [0.2, 0.25) is 11.8 Å². The number of nitrogens with one attached hydrogen (secondary N) is 3. The summed E-state index contributed by atoms with van der Waals surface area (Å²) < 4.78 is 57.0. The Morgan fingerprint density at radius 3 is 1.93 bits per heavy atom. The van der Waals surface area contributed by atoms with Crippen molar-refractivity contribution in [1.82, 2.24) is 20.6 Å². The van der Waals surface area contributed by atoms with Gasteiger partial charge in [0.25, 0.3) is 0 Å². The van der Waals surface area contributed by atoms with Crippen LogP contribution in [0.4, 0.5) is 0 Å². The summed E-state index contributed by atoms with van der Waals surface area (Å²) in [6, 6.07) is 10.0. The lowest BCUT2D eigenvalue weighted by Gasteiger charge is -2.40. The number of hydrogen-bond acceptors (Lipinski definition) is 18. The Bertz CT molecular complexity index is 2650. The van der Waals surface area contributed by atoms with Crippen LogP contribution in [0.2, 0.25) is 0 Å². The fraction of sp³-hybridized carbons (Fsp3) is 0.625. The number of aliphatic hydroxyl groups excluding tert-OH is 2. The van der Waals surface area contributed by atoms with E-state index >= 15 is 4.79 Å². The molecular weight excluding hydrogens is 1060 g/mol. The molecule has 0 spiro atoms. The van der Waals surface area contributed by atoms with Crippen LogP contribution in [0.1, 0.15) is 96.2 Å². The van der Waals surface area contributed by atoms with Crippen molar-refractivity contribution in [3.05, 3.63) is 59.9 Å². The number of aromatic amines is 1. The lowest BCUT2D eigenvalue weighted by atomic mass is 9.69. The number of Topliss-reactive ketones (excluding diaryl/α,β-unsaturated/α-hetero) is 2. The van der Waals surface area contributed by atoms with E-state index in [-0.39, 0.29) is 48.4 Å². The van der Waals surface area contributed by atoms with Crippen molar-refractivity contribution in [1.29, 1.82) is 0 Å². The summed E-state index contributed by atoms with van der Waals surface area (Å²) >= 11 is 0. The molecule has 5 unspecified atom stereocenters. The van der Waals surface area contributed by atoms with E-state index < -0.39 is 85.4 Å². The Balaban J connectivity index is 1.43. The minimum atomic E-state index is -5.15. The van der Waals surface area contributed by atoms with Gasteiger partial charge in [-0.05, 0) is 61.8 Å². The third kappa shape index (κ3) is 19.0. The maximum atomic E-state index is 15.3. The number of phosphoric ester groups is 1. The number of ether oxygens (including phenoxy) is 7. The Morgan fingerprint density at radius 1 is 0.787 bits per heavy atom. The lowest BCUT2D eigenvalue weighted by Crippen LogP contribution is -2.60. The fourth-order valence-electron chi connectivity index (χ4n) is 10.0. The first kappa shape index (κ1) is 65.8. The Labute approximate surface area is 468 Å². The average molecular weight is 1150 g/mol. The summed E-state index contributed by atoms with van der Waals surface area (Å²) in [6.07, 6.45) is -1.34. The van der Waals surface area contributed by atoms with Crippen LogP contribution < -0.4 is 31.6 Å². The van der Waals surface area contributed by atoms with Crippen molar-refractivity contribution in [2.75, 3.05) is 73.2 Å². The molecule has 4 aromatic rings. The molecule has 0 aliphatic heterocycles. The van der Waals surface area contributed by atoms with Gasteiger partial charge in [0, 0.05) is 36.8 Å². The van der Waals surface area contributed by atoms with Crippen LogP contribution in [-0.2, 0) is 53.7 Å². The van der Waals surface area contributed by atoms with Crippen LogP contribution in [0.25, 0.3) is 21.8 Å². The second-order valence-electron chi connectivity index (χ2n) is 20.6. The summed E-state index contributed by atoms with van der Waals surface area (Å²) in [5.74, 6) is -5.14. The highest BCUT2D eigenvalue weighted by Crippen LogP contribution is 2.42. The number of carbonyl (C=O) groups excluding carboxylic acids is 4.